The van der Waals surface area contributed by atoms with Crippen molar-refractivity contribution in [3.05, 3.63) is 12.7 Å². The Labute approximate surface area is 76.6 Å². The third-order valence-corrected chi connectivity index (χ3v) is 0.802. The van der Waals surface area contributed by atoms with Crippen molar-refractivity contribution in [1.29, 1.82) is 0 Å². The van der Waals surface area contributed by atoms with Gasteiger partial charge in [0.25, 0.3) is 0 Å². The Kier molecular flexibility index (Phi) is 9.53. The summed E-state index contributed by atoms with van der Waals surface area (Å²) in [6, 6.07) is 0. The van der Waals surface area contributed by atoms with E-state index in [4.69, 9.17) is 10.2 Å². The highest BCUT2D eigenvalue weighted by Crippen LogP contribution is 1.84. The summed E-state index contributed by atoms with van der Waals surface area (Å²) in [6.07, 6.45) is -0.157. The number of esters is 1. The van der Waals surface area contributed by atoms with Crippen LogP contribution in [-0.2, 0) is 14.3 Å². The number of hydrogen-bond acceptors (Lipinski definition) is 4. The van der Waals surface area contributed by atoms with Crippen LogP contribution in [0.2, 0.25) is 0 Å². The molecule has 0 rings (SSSR count). The second kappa shape index (κ2) is 8.73. The summed E-state index contributed by atoms with van der Waals surface area (Å²) in [6.45, 7) is 6.35. The SMILES string of the molecule is C=CC(=O)O.CCOC(=O)C(C)O. The molecular formula is C8H14O5. The average Bonchev–Trinajstić information content (AvgIpc) is 2.06. The predicted octanol–water partition coefficient (Wildman–Crippen LogP) is 0.187. The lowest BCUT2D eigenvalue weighted by molar-refractivity contribution is -0.151. The van der Waals surface area contributed by atoms with E-state index < -0.39 is 18.0 Å². The molecule has 0 saturated carbocycles. The van der Waals surface area contributed by atoms with Gasteiger partial charge in [-0.15, -0.1) is 0 Å². The van der Waals surface area contributed by atoms with Gasteiger partial charge in [0.1, 0.15) is 6.10 Å². The van der Waals surface area contributed by atoms with Crippen molar-refractivity contribution in [2.24, 2.45) is 0 Å². The predicted molar refractivity (Wildman–Crippen MR) is 46.1 cm³/mol. The molecule has 0 aliphatic rings. The van der Waals surface area contributed by atoms with Crippen LogP contribution >= 0.6 is 0 Å². The fraction of sp³-hybridized carbons (Fsp3) is 0.500. The van der Waals surface area contributed by atoms with Crippen molar-refractivity contribution in [2.75, 3.05) is 6.61 Å². The van der Waals surface area contributed by atoms with Gasteiger partial charge in [-0.25, -0.2) is 9.59 Å². The maximum absolute atomic E-state index is 10.3. The Morgan fingerprint density at radius 2 is 2.00 bits per heavy atom. The molecule has 0 radical (unpaired) electrons. The van der Waals surface area contributed by atoms with Gasteiger partial charge in [-0.3, -0.25) is 0 Å². The lowest BCUT2D eigenvalue weighted by Crippen LogP contribution is -2.18. The van der Waals surface area contributed by atoms with Gasteiger partial charge in [-0.05, 0) is 13.8 Å². The van der Waals surface area contributed by atoms with Crippen LogP contribution in [0.15, 0.2) is 12.7 Å². The summed E-state index contributed by atoms with van der Waals surface area (Å²) >= 11 is 0. The number of hydrogen-bond donors (Lipinski definition) is 2. The number of carboxylic acid groups (broad SMARTS) is 1. The normalized spacial score (nSPS) is 10.4. The monoisotopic (exact) mass is 190 g/mol. The molecular weight excluding hydrogens is 176 g/mol. The average molecular weight is 190 g/mol. The van der Waals surface area contributed by atoms with E-state index in [2.05, 4.69) is 11.3 Å². The number of carboxylic acids is 1. The van der Waals surface area contributed by atoms with Crippen molar-refractivity contribution in [3.63, 3.8) is 0 Å². The first-order chi connectivity index (χ1) is 5.95. The van der Waals surface area contributed by atoms with Crippen molar-refractivity contribution in [3.8, 4) is 0 Å². The summed E-state index contributed by atoms with van der Waals surface area (Å²) in [7, 11) is 0. The van der Waals surface area contributed by atoms with Crippen molar-refractivity contribution in [2.45, 2.75) is 20.0 Å². The summed E-state index contributed by atoms with van der Waals surface area (Å²) in [5, 5.41) is 16.1. The van der Waals surface area contributed by atoms with Crippen LogP contribution < -0.4 is 0 Å². The minimum Gasteiger partial charge on any atom is -0.478 e. The van der Waals surface area contributed by atoms with Crippen LogP contribution in [0.25, 0.3) is 0 Å². The van der Waals surface area contributed by atoms with Gasteiger partial charge >= 0.3 is 11.9 Å². The van der Waals surface area contributed by atoms with E-state index in [0.717, 1.165) is 6.08 Å². The van der Waals surface area contributed by atoms with Crippen LogP contribution in [0.4, 0.5) is 0 Å². The van der Waals surface area contributed by atoms with Gasteiger partial charge in [-0.1, -0.05) is 6.58 Å². The van der Waals surface area contributed by atoms with Gasteiger partial charge in [0.2, 0.25) is 0 Å². The first kappa shape index (κ1) is 14.2. The molecule has 5 heteroatoms. The molecule has 1 atom stereocenters. The zero-order valence-electron chi connectivity index (χ0n) is 7.69. The molecule has 0 aromatic carbocycles. The van der Waals surface area contributed by atoms with E-state index in [9.17, 15) is 9.59 Å². The highest BCUT2D eigenvalue weighted by atomic mass is 16.5. The number of carbonyl (C=O) groups is 2. The number of aliphatic carboxylic acids is 1. The topological polar surface area (TPSA) is 83.8 Å². The van der Waals surface area contributed by atoms with Gasteiger partial charge < -0.3 is 14.9 Å². The second-order valence-corrected chi connectivity index (χ2v) is 1.97. The van der Waals surface area contributed by atoms with Gasteiger partial charge in [-0.2, -0.15) is 0 Å². The zero-order chi connectivity index (χ0) is 10.9. The fourth-order valence-electron chi connectivity index (χ4n) is 0.263. The number of rotatable bonds is 3. The first-order valence-corrected chi connectivity index (χ1v) is 3.65. The molecule has 0 aromatic rings. The molecule has 2 N–H and O–H groups in total. The third kappa shape index (κ3) is 13.6. The molecule has 0 heterocycles. The molecule has 0 spiro atoms. The number of ether oxygens (including phenoxy) is 1. The first-order valence-electron chi connectivity index (χ1n) is 3.65. The summed E-state index contributed by atoms with van der Waals surface area (Å²) in [5.41, 5.74) is 0. The zero-order valence-corrected chi connectivity index (χ0v) is 7.69. The van der Waals surface area contributed by atoms with E-state index in [1.165, 1.54) is 6.92 Å². The Bertz CT molecular complexity index is 173. The molecule has 0 aromatic heterocycles. The number of carbonyl (C=O) groups excluding carboxylic acids is 1. The largest absolute Gasteiger partial charge is 0.478 e. The third-order valence-electron chi connectivity index (χ3n) is 0.802. The number of aliphatic hydroxyl groups excluding tert-OH is 1. The highest BCUT2D eigenvalue weighted by molar-refractivity contribution is 5.78. The van der Waals surface area contributed by atoms with Gasteiger partial charge in [0, 0.05) is 6.08 Å². The summed E-state index contributed by atoms with van der Waals surface area (Å²) in [5.74, 6) is -1.54. The molecule has 0 fully saturated rings. The quantitative estimate of drug-likeness (QED) is 0.490. The molecule has 0 saturated heterocycles. The minimum atomic E-state index is -0.991. The molecule has 1 unspecified atom stereocenters. The van der Waals surface area contributed by atoms with E-state index >= 15 is 0 Å². The summed E-state index contributed by atoms with van der Waals surface area (Å²) in [4.78, 5) is 19.5. The van der Waals surface area contributed by atoms with Crippen molar-refractivity contribution < 1.29 is 24.5 Å². The minimum absolute atomic E-state index is 0.323. The Morgan fingerprint density at radius 3 is 2.08 bits per heavy atom. The number of aliphatic hydroxyl groups is 1. The maximum Gasteiger partial charge on any atom is 0.334 e. The fourth-order valence-corrected chi connectivity index (χ4v) is 0.263. The molecule has 0 amide bonds. The van der Waals surface area contributed by atoms with Crippen LogP contribution in [0.3, 0.4) is 0 Å². The van der Waals surface area contributed by atoms with E-state index in [1.807, 2.05) is 0 Å². The molecule has 0 aliphatic carbocycles. The lowest BCUT2D eigenvalue weighted by Gasteiger charge is -2.01. The lowest BCUT2D eigenvalue weighted by atomic mass is 10.4. The van der Waals surface area contributed by atoms with Crippen LogP contribution in [0.1, 0.15) is 13.8 Å². The summed E-state index contributed by atoms with van der Waals surface area (Å²) < 4.78 is 4.41. The van der Waals surface area contributed by atoms with E-state index in [0.29, 0.717) is 6.61 Å². The van der Waals surface area contributed by atoms with Crippen molar-refractivity contribution in [1.82, 2.24) is 0 Å². The van der Waals surface area contributed by atoms with Crippen LogP contribution in [0, 0.1) is 0 Å². The molecule has 5 nitrogen and oxygen atoms in total. The van der Waals surface area contributed by atoms with Crippen LogP contribution in [0.5, 0.6) is 0 Å². The molecule has 0 bridgehead atoms. The Hall–Kier alpha value is -1.36. The molecule has 76 valence electrons. The Balaban J connectivity index is 0. The Morgan fingerprint density at radius 1 is 1.62 bits per heavy atom. The highest BCUT2D eigenvalue weighted by Gasteiger charge is 2.07. The second-order valence-electron chi connectivity index (χ2n) is 1.97. The van der Waals surface area contributed by atoms with Crippen molar-refractivity contribution >= 4 is 11.9 Å². The molecule has 0 aliphatic heterocycles. The standard InChI is InChI=1S/C5H10O3.C3H4O2/c1-3-8-5(7)4(2)6;1-2-3(4)5/h4,6H,3H2,1-2H3;2H,1H2,(H,4,5). The molecule has 13 heavy (non-hydrogen) atoms. The van der Waals surface area contributed by atoms with Gasteiger partial charge in [0.05, 0.1) is 6.61 Å². The van der Waals surface area contributed by atoms with Gasteiger partial charge in [0.15, 0.2) is 0 Å². The smallest absolute Gasteiger partial charge is 0.334 e. The van der Waals surface area contributed by atoms with Crippen LogP contribution in [-0.4, -0.2) is 34.9 Å². The van der Waals surface area contributed by atoms with E-state index in [-0.39, 0.29) is 0 Å². The maximum atomic E-state index is 10.3. The van der Waals surface area contributed by atoms with E-state index in [1.54, 1.807) is 6.92 Å².